The minimum absolute atomic E-state index is 0.164. The zero-order valence-corrected chi connectivity index (χ0v) is 11.2. The second-order valence-electron chi connectivity index (χ2n) is 4.08. The van der Waals surface area contributed by atoms with Crippen molar-refractivity contribution in [1.82, 2.24) is 9.97 Å². The van der Waals surface area contributed by atoms with E-state index < -0.39 is 9.84 Å². The van der Waals surface area contributed by atoms with Crippen molar-refractivity contribution in [3.8, 4) is 17.7 Å². The van der Waals surface area contributed by atoms with Gasteiger partial charge in [0.05, 0.1) is 5.69 Å². The Bertz CT molecular complexity index is 627. The first-order valence-electron chi connectivity index (χ1n) is 5.64. The lowest BCUT2D eigenvalue weighted by Gasteiger charge is -2.08. The molecule has 1 aliphatic rings. The Morgan fingerprint density at radius 3 is 2.78 bits per heavy atom. The van der Waals surface area contributed by atoms with Gasteiger partial charge in [0.2, 0.25) is 20.9 Å². The quantitative estimate of drug-likeness (QED) is 0.597. The summed E-state index contributed by atoms with van der Waals surface area (Å²) >= 11 is 0. The number of aromatic nitrogens is 2. The number of nitrogens with zero attached hydrogens (tertiary/aromatic N) is 2. The van der Waals surface area contributed by atoms with E-state index in [2.05, 4.69) is 21.8 Å². The van der Waals surface area contributed by atoms with Crippen molar-refractivity contribution in [3.05, 3.63) is 11.3 Å². The molecule has 0 unspecified atom stereocenters. The van der Waals surface area contributed by atoms with Gasteiger partial charge in [-0.05, 0) is 26.2 Å². The van der Waals surface area contributed by atoms with E-state index in [-0.39, 0.29) is 11.8 Å². The van der Waals surface area contributed by atoms with Crippen LogP contribution in [0.25, 0.3) is 0 Å². The van der Waals surface area contributed by atoms with E-state index >= 15 is 0 Å². The van der Waals surface area contributed by atoms with Crippen molar-refractivity contribution in [2.45, 2.75) is 31.3 Å². The van der Waals surface area contributed by atoms with Crippen LogP contribution < -0.4 is 4.74 Å². The van der Waals surface area contributed by atoms with E-state index in [0.717, 1.165) is 36.8 Å². The zero-order valence-electron chi connectivity index (χ0n) is 10.4. The lowest BCUT2D eigenvalue weighted by atomic mass is 10.2. The Morgan fingerprint density at radius 2 is 2.11 bits per heavy atom. The molecule has 0 N–H and O–H groups in total. The van der Waals surface area contributed by atoms with E-state index in [1.807, 2.05) is 0 Å². The molecule has 1 aromatic heterocycles. The molecule has 5 nitrogen and oxygen atoms in total. The highest BCUT2D eigenvalue weighted by Crippen LogP contribution is 2.28. The molecule has 2 rings (SSSR count). The Labute approximate surface area is 107 Å². The molecule has 0 bridgehead atoms. The van der Waals surface area contributed by atoms with Crippen LogP contribution in [-0.4, -0.2) is 31.2 Å². The number of rotatable bonds is 3. The van der Waals surface area contributed by atoms with Crippen molar-refractivity contribution in [2.24, 2.45) is 0 Å². The van der Waals surface area contributed by atoms with Crippen LogP contribution in [0.3, 0.4) is 0 Å². The molecule has 0 atom stereocenters. The third kappa shape index (κ3) is 2.62. The fraction of sp³-hybridized carbons (Fsp3) is 0.500. The highest BCUT2D eigenvalue weighted by atomic mass is 32.2. The van der Waals surface area contributed by atoms with E-state index in [0.29, 0.717) is 5.88 Å². The van der Waals surface area contributed by atoms with Gasteiger partial charge in [-0.25, -0.2) is 13.4 Å². The fourth-order valence-electron chi connectivity index (χ4n) is 1.84. The molecule has 0 radical (unpaired) electrons. The number of hydrogen-bond acceptors (Lipinski definition) is 5. The van der Waals surface area contributed by atoms with Crippen LogP contribution in [0.1, 0.15) is 24.6 Å². The maximum Gasteiger partial charge on any atom is 0.250 e. The molecule has 18 heavy (non-hydrogen) atoms. The van der Waals surface area contributed by atoms with Crippen molar-refractivity contribution in [2.75, 3.05) is 12.9 Å². The van der Waals surface area contributed by atoms with Gasteiger partial charge in [0, 0.05) is 11.8 Å². The highest BCUT2D eigenvalue weighted by molar-refractivity contribution is 7.90. The van der Waals surface area contributed by atoms with Gasteiger partial charge in [-0.3, -0.25) is 0 Å². The summed E-state index contributed by atoms with van der Waals surface area (Å²) < 4.78 is 28.4. The van der Waals surface area contributed by atoms with Crippen LogP contribution >= 0.6 is 0 Å². The first-order chi connectivity index (χ1) is 8.52. The molecule has 1 aromatic rings. The van der Waals surface area contributed by atoms with Crippen LogP contribution in [0.15, 0.2) is 5.16 Å². The predicted molar refractivity (Wildman–Crippen MR) is 66.1 cm³/mol. The summed E-state index contributed by atoms with van der Waals surface area (Å²) in [7, 11) is -3.42. The summed E-state index contributed by atoms with van der Waals surface area (Å²) in [5.41, 5.74) is 1.70. The molecule has 0 spiro atoms. The normalized spacial score (nSPS) is 13.7. The molecule has 0 aliphatic heterocycles. The van der Waals surface area contributed by atoms with Gasteiger partial charge in [-0.2, -0.15) is 4.98 Å². The third-order valence-electron chi connectivity index (χ3n) is 2.66. The zero-order chi connectivity index (χ0) is 13.2. The summed E-state index contributed by atoms with van der Waals surface area (Å²) in [5, 5.41) is -0.164. The van der Waals surface area contributed by atoms with Gasteiger partial charge in [-0.15, -0.1) is 5.92 Å². The second-order valence-corrected chi connectivity index (χ2v) is 5.99. The summed E-state index contributed by atoms with van der Waals surface area (Å²) in [6.45, 7) is 1.93. The summed E-state index contributed by atoms with van der Waals surface area (Å²) in [4.78, 5) is 8.10. The van der Waals surface area contributed by atoms with Crippen LogP contribution in [0.2, 0.25) is 0 Å². The largest absolute Gasteiger partial charge is 0.464 e. The monoisotopic (exact) mass is 266 g/mol. The maximum absolute atomic E-state index is 11.5. The highest BCUT2D eigenvalue weighted by Gasteiger charge is 2.23. The maximum atomic E-state index is 11.5. The molecular formula is C12H14N2O3S. The standard InChI is InChI=1S/C12H14N2O3S/c1-3-4-8-17-11-9-6-5-7-10(9)13-12(14-11)18(2,15)16/h5-8H2,1-2H3. The van der Waals surface area contributed by atoms with Crippen molar-refractivity contribution >= 4 is 9.84 Å². The minimum Gasteiger partial charge on any atom is -0.464 e. The molecule has 6 heteroatoms. The Kier molecular flexibility index (Phi) is 3.53. The summed E-state index contributed by atoms with van der Waals surface area (Å²) in [5.74, 6) is 5.84. The third-order valence-corrected chi connectivity index (χ3v) is 3.51. The molecule has 0 aromatic carbocycles. The Morgan fingerprint density at radius 1 is 1.33 bits per heavy atom. The van der Waals surface area contributed by atoms with Gasteiger partial charge in [0.15, 0.2) is 6.61 Å². The average Bonchev–Trinajstić information content (AvgIpc) is 2.76. The smallest absolute Gasteiger partial charge is 0.250 e. The molecule has 1 heterocycles. The minimum atomic E-state index is -3.42. The molecular weight excluding hydrogens is 252 g/mol. The number of fused-ring (bicyclic) bond motifs is 1. The molecule has 0 amide bonds. The number of sulfone groups is 1. The van der Waals surface area contributed by atoms with E-state index in [9.17, 15) is 8.42 Å². The topological polar surface area (TPSA) is 69.2 Å². The Hall–Kier alpha value is -1.61. The van der Waals surface area contributed by atoms with Crippen LogP contribution in [0.4, 0.5) is 0 Å². The van der Waals surface area contributed by atoms with E-state index in [1.165, 1.54) is 0 Å². The summed E-state index contributed by atoms with van der Waals surface area (Å²) in [6, 6.07) is 0. The SMILES string of the molecule is CC#CCOc1nc(S(C)(=O)=O)nc2c1CCC2. The predicted octanol–water partition coefficient (Wildman–Crippen LogP) is 0.771. The first-order valence-corrected chi connectivity index (χ1v) is 7.54. The lowest BCUT2D eigenvalue weighted by Crippen LogP contribution is -2.10. The summed E-state index contributed by atoms with van der Waals surface area (Å²) in [6.07, 6.45) is 3.65. The van der Waals surface area contributed by atoms with Crippen molar-refractivity contribution in [1.29, 1.82) is 0 Å². The first kappa shape index (κ1) is 12.8. The van der Waals surface area contributed by atoms with Gasteiger partial charge in [-0.1, -0.05) is 5.92 Å². The number of hydrogen-bond donors (Lipinski definition) is 0. The number of aryl methyl sites for hydroxylation is 1. The average molecular weight is 266 g/mol. The van der Waals surface area contributed by atoms with Crippen LogP contribution in [0.5, 0.6) is 5.88 Å². The molecule has 0 fully saturated rings. The fourth-order valence-corrected chi connectivity index (χ4v) is 2.36. The van der Waals surface area contributed by atoms with E-state index in [4.69, 9.17) is 4.74 Å². The van der Waals surface area contributed by atoms with Gasteiger partial charge >= 0.3 is 0 Å². The Balaban J connectivity index is 2.43. The number of ether oxygens (including phenoxy) is 1. The van der Waals surface area contributed by atoms with Gasteiger partial charge < -0.3 is 4.74 Å². The second kappa shape index (κ2) is 4.94. The molecule has 0 saturated heterocycles. The molecule has 96 valence electrons. The van der Waals surface area contributed by atoms with Gasteiger partial charge in [0.1, 0.15) is 0 Å². The molecule has 1 aliphatic carbocycles. The van der Waals surface area contributed by atoms with Crippen molar-refractivity contribution < 1.29 is 13.2 Å². The van der Waals surface area contributed by atoms with E-state index in [1.54, 1.807) is 6.92 Å². The van der Waals surface area contributed by atoms with Crippen molar-refractivity contribution in [3.63, 3.8) is 0 Å². The lowest BCUT2D eigenvalue weighted by molar-refractivity contribution is 0.346. The van der Waals surface area contributed by atoms with Crippen LogP contribution in [-0.2, 0) is 22.7 Å². The van der Waals surface area contributed by atoms with Gasteiger partial charge in [0.25, 0.3) is 0 Å². The molecule has 0 saturated carbocycles. The van der Waals surface area contributed by atoms with Crippen LogP contribution in [0, 0.1) is 11.8 Å².